The van der Waals surface area contributed by atoms with Gasteiger partial charge in [-0.15, -0.1) is 0 Å². The van der Waals surface area contributed by atoms with Crippen molar-refractivity contribution in [3.8, 4) is 0 Å². The van der Waals surface area contributed by atoms with Crippen LogP contribution in [0.2, 0.25) is 0 Å². The van der Waals surface area contributed by atoms with E-state index in [0.717, 1.165) is 19.3 Å². The third-order valence-corrected chi connectivity index (χ3v) is 1.57. The van der Waals surface area contributed by atoms with Gasteiger partial charge in [-0.1, -0.05) is 19.8 Å². The number of aliphatic hydroxyl groups excluding tert-OH is 2. The Labute approximate surface area is 94.7 Å². The Hall–Kier alpha value is -0.540. The summed E-state index contributed by atoms with van der Waals surface area (Å²) in [5.74, 6) is -0.249. The Balaban J connectivity index is 0. The molecule has 16 heavy (non-hydrogen) atoms. The second-order valence-electron chi connectivity index (χ2n) is 3.07. The van der Waals surface area contributed by atoms with E-state index in [1.54, 1.807) is 0 Å². The van der Waals surface area contributed by atoms with Crippen LogP contribution in [0.15, 0.2) is 0 Å². The number of hydrogen-bond donors (Lipinski definition) is 4. The van der Waals surface area contributed by atoms with Crippen molar-refractivity contribution in [2.45, 2.75) is 38.7 Å². The molecule has 1 unspecified atom stereocenters. The first-order valence-corrected chi connectivity index (χ1v) is 6.13. The summed E-state index contributed by atoms with van der Waals surface area (Å²) in [4.78, 5) is 10.8. The zero-order valence-corrected chi connectivity index (χ0v) is 9.85. The van der Waals surface area contributed by atoms with E-state index in [9.17, 15) is 4.79 Å². The molecule has 0 radical (unpaired) electrons. The highest BCUT2D eigenvalue weighted by molar-refractivity contribution is 7.79. The first kappa shape index (κ1) is 17.8. The van der Waals surface area contributed by atoms with Gasteiger partial charge >= 0.3 is 10.4 Å². The Morgan fingerprint density at radius 2 is 1.69 bits per heavy atom. The van der Waals surface area contributed by atoms with Crippen molar-refractivity contribution in [3.05, 3.63) is 0 Å². The fraction of sp³-hybridized carbons (Fsp3) is 0.875. The van der Waals surface area contributed by atoms with Crippen molar-refractivity contribution >= 4 is 16.2 Å². The van der Waals surface area contributed by atoms with Gasteiger partial charge in [-0.25, -0.2) is 0 Å². The number of Topliss-reactive ketones (excluding diaryl/α,β-unsaturated/α-hetero) is 1. The molecule has 0 aromatic carbocycles. The molecule has 0 saturated carbocycles. The Morgan fingerprint density at radius 1 is 1.25 bits per heavy atom. The van der Waals surface area contributed by atoms with Crippen LogP contribution >= 0.6 is 0 Å². The second-order valence-corrected chi connectivity index (χ2v) is 3.97. The quantitative estimate of drug-likeness (QED) is 0.384. The molecule has 8 heteroatoms. The van der Waals surface area contributed by atoms with E-state index >= 15 is 0 Å². The summed E-state index contributed by atoms with van der Waals surface area (Å²) < 4.78 is 31.6. The van der Waals surface area contributed by atoms with Crippen LogP contribution in [0.5, 0.6) is 0 Å². The summed E-state index contributed by atoms with van der Waals surface area (Å²) in [5.41, 5.74) is 0. The van der Waals surface area contributed by atoms with Gasteiger partial charge in [0.05, 0.1) is 6.61 Å². The second kappa shape index (κ2) is 9.67. The minimum Gasteiger partial charge on any atom is -0.393 e. The monoisotopic (exact) mass is 258 g/mol. The standard InChI is InChI=1S/C8H16O3.H2O4S/c1-2-3-4-5-7(10)8(11)6-9;1-5(2,3)4/h8-9,11H,2-6H2,1H3;(H2,1,2,3,4). The highest BCUT2D eigenvalue weighted by atomic mass is 32.3. The van der Waals surface area contributed by atoms with Gasteiger partial charge in [0.1, 0.15) is 6.10 Å². The van der Waals surface area contributed by atoms with Gasteiger partial charge in [-0.2, -0.15) is 8.42 Å². The van der Waals surface area contributed by atoms with Crippen molar-refractivity contribution < 1.29 is 32.5 Å². The lowest BCUT2D eigenvalue weighted by molar-refractivity contribution is -0.129. The molecule has 7 nitrogen and oxygen atoms in total. The zero-order chi connectivity index (χ0) is 13.2. The molecule has 0 bridgehead atoms. The van der Waals surface area contributed by atoms with Gasteiger partial charge in [0.25, 0.3) is 0 Å². The lowest BCUT2D eigenvalue weighted by Crippen LogP contribution is -2.23. The SMILES string of the molecule is CCCCCC(=O)C(O)CO.O=S(=O)(O)O. The number of carbonyl (C=O) groups is 1. The lowest BCUT2D eigenvalue weighted by atomic mass is 10.1. The van der Waals surface area contributed by atoms with Crippen LogP contribution in [0, 0.1) is 0 Å². The molecule has 0 amide bonds. The minimum atomic E-state index is -4.67. The zero-order valence-electron chi connectivity index (χ0n) is 9.03. The number of ketones is 1. The topological polar surface area (TPSA) is 132 Å². The van der Waals surface area contributed by atoms with Crippen LogP contribution in [0.3, 0.4) is 0 Å². The number of aliphatic hydroxyl groups is 2. The van der Waals surface area contributed by atoms with Crippen LogP contribution < -0.4 is 0 Å². The maximum absolute atomic E-state index is 10.8. The molecule has 98 valence electrons. The van der Waals surface area contributed by atoms with Crippen molar-refractivity contribution in [2.24, 2.45) is 0 Å². The van der Waals surface area contributed by atoms with Crippen LogP contribution in [0.25, 0.3) is 0 Å². The number of rotatable bonds is 6. The van der Waals surface area contributed by atoms with Crippen molar-refractivity contribution in [1.29, 1.82) is 0 Å². The third-order valence-electron chi connectivity index (χ3n) is 1.57. The number of carbonyl (C=O) groups excluding carboxylic acids is 1. The molecule has 0 saturated heterocycles. The molecule has 1 atom stereocenters. The van der Waals surface area contributed by atoms with Crippen LogP contribution in [0.4, 0.5) is 0 Å². The van der Waals surface area contributed by atoms with Gasteiger partial charge < -0.3 is 10.2 Å². The number of unbranched alkanes of at least 4 members (excludes halogenated alkanes) is 2. The predicted octanol–water partition coefficient (Wildman–Crippen LogP) is -0.164. The van der Waals surface area contributed by atoms with Crippen molar-refractivity contribution in [2.75, 3.05) is 6.61 Å². The van der Waals surface area contributed by atoms with Gasteiger partial charge in [0.15, 0.2) is 5.78 Å². The summed E-state index contributed by atoms with van der Waals surface area (Å²) in [6.07, 6.45) is 2.10. The van der Waals surface area contributed by atoms with Crippen molar-refractivity contribution in [1.82, 2.24) is 0 Å². The van der Waals surface area contributed by atoms with E-state index in [1.807, 2.05) is 6.92 Å². The Morgan fingerprint density at radius 3 is 2.00 bits per heavy atom. The molecule has 0 heterocycles. The predicted molar refractivity (Wildman–Crippen MR) is 56.4 cm³/mol. The first-order valence-electron chi connectivity index (χ1n) is 4.73. The number of hydrogen-bond acceptors (Lipinski definition) is 5. The van der Waals surface area contributed by atoms with E-state index in [-0.39, 0.29) is 5.78 Å². The van der Waals surface area contributed by atoms with Crippen LogP contribution in [-0.4, -0.2) is 46.2 Å². The van der Waals surface area contributed by atoms with Gasteiger partial charge in [0, 0.05) is 6.42 Å². The molecule has 0 aliphatic carbocycles. The fourth-order valence-electron chi connectivity index (χ4n) is 0.818. The Bertz CT molecular complexity index is 264. The largest absolute Gasteiger partial charge is 0.394 e. The van der Waals surface area contributed by atoms with Crippen LogP contribution in [-0.2, 0) is 15.2 Å². The van der Waals surface area contributed by atoms with E-state index in [1.165, 1.54) is 0 Å². The molecule has 0 rings (SSSR count). The molecule has 4 N–H and O–H groups in total. The maximum Gasteiger partial charge on any atom is 0.394 e. The van der Waals surface area contributed by atoms with Gasteiger partial charge in [-0.3, -0.25) is 13.9 Å². The molecular formula is C8H18O7S. The maximum atomic E-state index is 10.8. The molecule has 0 spiro atoms. The average Bonchev–Trinajstić information content (AvgIpc) is 2.14. The molecule has 0 aliphatic heterocycles. The summed E-state index contributed by atoms with van der Waals surface area (Å²) in [7, 11) is -4.67. The first-order chi connectivity index (χ1) is 7.22. The fourth-order valence-corrected chi connectivity index (χ4v) is 0.818. The smallest absolute Gasteiger partial charge is 0.393 e. The third kappa shape index (κ3) is 19.1. The highest BCUT2D eigenvalue weighted by Gasteiger charge is 2.11. The molecule has 0 aromatic heterocycles. The van der Waals surface area contributed by atoms with E-state index < -0.39 is 23.1 Å². The highest BCUT2D eigenvalue weighted by Crippen LogP contribution is 2.01. The van der Waals surface area contributed by atoms with Gasteiger partial charge in [-0.05, 0) is 6.42 Å². The molecular weight excluding hydrogens is 240 g/mol. The summed E-state index contributed by atoms with van der Waals surface area (Å²) in [5, 5.41) is 17.2. The minimum absolute atomic E-state index is 0.249. The average molecular weight is 258 g/mol. The summed E-state index contributed by atoms with van der Waals surface area (Å²) in [6, 6.07) is 0. The summed E-state index contributed by atoms with van der Waals surface area (Å²) >= 11 is 0. The van der Waals surface area contributed by atoms with E-state index in [2.05, 4.69) is 0 Å². The van der Waals surface area contributed by atoms with E-state index in [4.69, 9.17) is 27.7 Å². The van der Waals surface area contributed by atoms with Gasteiger partial charge in [0.2, 0.25) is 0 Å². The molecule has 0 aromatic rings. The van der Waals surface area contributed by atoms with E-state index in [0.29, 0.717) is 6.42 Å². The summed E-state index contributed by atoms with van der Waals surface area (Å²) in [6.45, 7) is 1.60. The normalized spacial score (nSPS) is 12.6. The Kier molecular flexibility index (Phi) is 10.8. The molecule has 0 aliphatic rings. The lowest BCUT2D eigenvalue weighted by Gasteiger charge is -2.04. The van der Waals surface area contributed by atoms with Crippen LogP contribution in [0.1, 0.15) is 32.6 Å². The van der Waals surface area contributed by atoms with Crippen molar-refractivity contribution in [3.63, 3.8) is 0 Å². The molecule has 0 fully saturated rings.